The number of nitrogens with two attached hydrogens (primary N) is 1. The van der Waals surface area contributed by atoms with E-state index < -0.39 is 5.97 Å². The Labute approximate surface area is 132 Å². The Morgan fingerprint density at radius 2 is 1.96 bits per heavy atom. The number of anilines is 1. The molecule has 0 unspecified atom stereocenters. The number of carboxylic acid groups (broad SMARTS) is 1. The largest absolute Gasteiger partial charge is 0.475 e. The van der Waals surface area contributed by atoms with Crippen molar-refractivity contribution in [1.29, 1.82) is 0 Å². The van der Waals surface area contributed by atoms with Gasteiger partial charge < -0.3 is 20.6 Å². The van der Waals surface area contributed by atoms with Crippen LogP contribution in [0.2, 0.25) is 0 Å². The minimum Gasteiger partial charge on any atom is -0.475 e. The maximum atomic E-state index is 11.0. The predicted octanol–water partition coefficient (Wildman–Crippen LogP) is 3.06. The third-order valence-electron chi connectivity index (χ3n) is 3.31. The van der Waals surface area contributed by atoms with Crippen molar-refractivity contribution in [2.45, 2.75) is 6.54 Å². The minimum atomic E-state index is -1.11. The molecule has 6 nitrogen and oxygen atoms in total. The lowest BCUT2D eigenvalue weighted by Gasteiger charge is -2.06. The Balaban J connectivity index is 1.82. The summed E-state index contributed by atoms with van der Waals surface area (Å²) >= 11 is 0. The van der Waals surface area contributed by atoms with E-state index in [1.807, 2.05) is 30.3 Å². The second kappa shape index (κ2) is 6.23. The summed E-state index contributed by atoms with van der Waals surface area (Å²) in [5.74, 6) is -0.980. The summed E-state index contributed by atoms with van der Waals surface area (Å²) in [5.41, 5.74) is 8.07. The summed E-state index contributed by atoms with van der Waals surface area (Å²) in [6.45, 7) is 0.460. The SMILES string of the molecule is NC(=NCc1ccccc1)Nc1cccc2oc(C(=O)O)cc12. The highest BCUT2D eigenvalue weighted by atomic mass is 16.4. The molecule has 1 heterocycles. The van der Waals surface area contributed by atoms with Crippen molar-refractivity contribution in [3.8, 4) is 0 Å². The average Bonchev–Trinajstić information content (AvgIpc) is 3.00. The van der Waals surface area contributed by atoms with Gasteiger partial charge in [0.05, 0.1) is 12.2 Å². The highest BCUT2D eigenvalue weighted by Crippen LogP contribution is 2.26. The minimum absolute atomic E-state index is 0.117. The zero-order valence-electron chi connectivity index (χ0n) is 12.2. The van der Waals surface area contributed by atoms with Gasteiger partial charge in [0.1, 0.15) is 5.58 Å². The maximum Gasteiger partial charge on any atom is 0.371 e. The Morgan fingerprint density at radius 3 is 2.70 bits per heavy atom. The number of nitrogens with zero attached hydrogens (tertiary/aromatic N) is 1. The number of hydrogen-bond acceptors (Lipinski definition) is 3. The molecule has 0 aliphatic heterocycles. The van der Waals surface area contributed by atoms with E-state index >= 15 is 0 Å². The summed E-state index contributed by atoms with van der Waals surface area (Å²) in [6.07, 6.45) is 0. The van der Waals surface area contributed by atoms with Crippen molar-refractivity contribution < 1.29 is 14.3 Å². The third kappa shape index (κ3) is 3.32. The molecule has 0 spiro atoms. The first-order chi connectivity index (χ1) is 11.1. The van der Waals surface area contributed by atoms with Crippen molar-refractivity contribution in [3.05, 3.63) is 65.9 Å². The molecule has 0 radical (unpaired) electrons. The lowest BCUT2D eigenvalue weighted by atomic mass is 10.2. The molecule has 0 atom stereocenters. The van der Waals surface area contributed by atoms with Crippen LogP contribution in [-0.4, -0.2) is 17.0 Å². The van der Waals surface area contributed by atoms with Gasteiger partial charge in [0, 0.05) is 11.5 Å². The molecule has 0 amide bonds. The van der Waals surface area contributed by atoms with Crippen LogP contribution in [0, 0.1) is 0 Å². The normalized spacial score (nSPS) is 11.6. The van der Waals surface area contributed by atoms with Crippen molar-refractivity contribution in [1.82, 2.24) is 0 Å². The molecule has 0 saturated heterocycles. The number of hydrogen-bond donors (Lipinski definition) is 3. The van der Waals surface area contributed by atoms with Gasteiger partial charge in [-0.05, 0) is 17.7 Å². The predicted molar refractivity (Wildman–Crippen MR) is 88.6 cm³/mol. The van der Waals surface area contributed by atoms with E-state index in [0.29, 0.717) is 23.2 Å². The van der Waals surface area contributed by atoms with E-state index in [-0.39, 0.29) is 11.7 Å². The van der Waals surface area contributed by atoms with Crippen molar-refractivity contribution in [2.24, 2.45) is 10.7 Å². The van der Waals surface area contributed by atoms with Gasteiger partial charge >= 0.3 is 5.97 Å². The summed E-state index contributed by atoms with van der Waals surface area (Å²) in [5, 5.41) is 12.6. The zero-order chi connectivity index (χ0) is 16.2. The number of benzene rings is 2. The van der Waals surface area contributed by atoms with Gasteiger partial charge in [0.25, 0.3) is 0 Å². The first-order valence-corrected chi connectivity index (χ1v) is 7.00. The van der Waals surface area contributed by atoms with E-state index in [1.54, 1.807) is 18.2 Å². The molecule has 2 aromatic carbocycles. The highest BCUT2D eigenvalue weighted by Gasteiger charge is 2.13. The Hall–Kier alpha value is -3.28. The van der Waals surface area contributed by atoms with Crippen LogP contribution in [0.1, 0.15) is 16.1 Å². The van der Waals surface area contributed by atoms with E-state index in [9.17, 15) is 4.79 Å². The van der Waals surface area contributed by atoms with Gasteiger partial charge in [-0.3, -0.25) is 0 Å². The molecule has 3 aromatic rings. The van der Waals surface area contributed by atoms with Crippen LogP contribution in [-0.2, 0) is 6.54 Å². The number of furan rings is 1. The van der Waals surface area contributed by atoms with E-state index in [0.717, 1.165) is 5.56 Å². The van der Waals surface area contributed by atoms with Crippen molar-refractivity contribution in [3.63, 3.8) is 0 Å². The van der Waals surface area contributed by atoms with Crippen LogP contribution in [0.3, 0.4) is 0 Å². The summed E-state index contributed by atoms with van der Waals surface area (Å²) in [6, 6.07) is 16.4. The number of guanidine groups is 1. The molecule has 0 aliphatic rings. The first-order valence-electron chi connectivity index (χ1n) is 7.00. The molecule has 0 fully saturated rings. The number of nitrogens with one attached hydrogen (secondary N) is 1. The smallest absolute Gasteiger partial charge is 0.371 e. The summed E-state index contributed by atoms with van der Waals surface area (Å²) in [4.78, 5) is 15.3. The zero-order valence-corrected chi connectivity index (χ0v) is 12.2. The fraction of sp³-hybridized carbons (Fsp3) is 0.0588. The lowest BCUT2D eigenvalue weighted by molar-refractivity contribution is 0.0665. The highest BCUT2D eigenvalue weighted by molar-refractivity contribution is 6.03. The standard InChI is InChI=1S/C17H15N3O3/c18-17(19-10-11-5-2-1-3-6-11)20-13-7-4-8-14-12(13)9-15(23-14)16(21)22/h1-9H,10H2,(H,21,22)(H3,18,19,20). The van der Waals surface area contributed by atoms with Crippen LogP contribution in [0.15, 0.2) is 64.0 Å². The first kappa shape index (κ1) is 14.6. The Morgan fingerprint density at radius 1 is 1.17 bits per heavy atom. The van der Waals surface area contributed by atoms with Crippen LogP contribution < -0.4 is 11.1 Å². The fourth-order valence-electron chi connectivity index (χ4n) is 2.21. The number of rotatable bonds is 4. The molecule has 3 rings (SSSR count). The molecule has 1 aromatic heterocycles. The molecular formula is C17H15N3O3. The monoisotopic (exact) mass is 309 g/mol. The van der Waals surface area contributed by atoms with Gasteiger partial charge in [-0.2, -0.15) is 0 Å². The van der Waals surface area contributed by atoms with Crippen LogP contribution in [0.4, 0.5) is 5.69 Å². The molecule has 116 valence electrons. The average molecular weight is 309 g/mol. The molecule has 4 N–H and O–H groups in total. The maximum absolute atomic E-state index is 11.0. The molecule has 0 saturated carbocycles. The van der Waals surface area contributed by atoms with E-state index in [4.69, 9.17) is 15.3 Å². The summed E-state index contributed by atoms with van der Waals surface area (Å²) in [7, 11) is 0. The molecule has 0 aliphatic carbocycles. The quantitative estimate of drug-likeness (QED) is 0.508. The fourth-order valence-corrected chi connectivity index (χ4v) is 2.21. The van der Waals surface area contributed by atoms with Gasteiger partial charge in [-0.25, -0.2) is 9.79 Å². The Bertz CT molecular complexity index is 869. The Kier molecular flexibility index (Phi) is 3.97. The van der Waals surface area contributed by atoms with E-state index in [2.05, 4.69) is 10.3 Å². The molecule has 0 bridgehead atoms. The number of fused-ring (bicyclic) bond motifs is 1. The topological polar surface area (TPSA) is 101 Å². The summed E-state index contributed by atoms with van der Waals surface area (Å²) < 4.78 is 5.26. The van der Waals surface area contributed by atoms with Crippen molar-refractivity contribution in [2.75, 3.05) is 5.32 Å². The van der Waals surface area contributed by atoms with Crippen molar-refractivity contribution >= 4 is 28.6 Å². The number of aromatic carboxylic acids is 1. The van der Waals surface area contributed by atoms with Crippen LogP contribution >= 0.6 is 0 Å². The second-order valence-corrected chi connectivity index (χ2v) is 4.95. The number of carboxylic acids is 1. The van der Waals surface area contributed by atoms with Crippen LogP contribution in [0.25, 0.3) is 11.0 Å². The molecule has 6 heteroatoms. The van der Waals surface area contributed by atoms with Gasteiger partial charge in [0.2, 0.25) is 5.76 Å². The van der Waals surface area contributed by atoms with Gasteiger partial charge in [-0.1, -0.05) is 36.4 Å². The second-order valence-electron chi connectivity index (χ2n) is 4.95. The lowest BCUT2D eigenvalue weighted by Crippen LogP contribution is -2.22. The van der Waals surface area contributed by atoms with Gasteiger partial charge in [0.15, 0.2) is 5.96 Å². The number of carbonyl (C=O) groups is 1. The van der Waals surface area contributed by atoms with E-state index in [1.165, 1.54) is 6.07 Å². The molecule has 23 heavy (non-hydrogen) atoms. The third-order valence-corrected chi connectivity index (χ3v) is 3.31. The molecular weight excluding hydrogens is 294 g/mol. The van der Waals surface area contributed by atoms with Gasteiger partial charge in [-0.15, -0.1) is 0 Å². The number of aliphatic imine (C=N–C) groups is 1. The van der Waals surface area contributed by atoms with Crippen LogP contribution in [0.5, 0.6) is 0 Å².